The molecule has 0 bridgehead atoms. The molecule has 1 aliphatic rings. The number of aryl methyl sites for hydroxylation is 3. The van der Waals surface area contributed by atoms with Gasteiger partial charge in [0.2, 0.25) is 11.8 Å². The highest BCUT2D eigenvalue weighted by Gasteiger charge is 2.24. The molecule has 1 aliphatic heterocycles. The van der Waals surface area contributed by atoms with Crippen LogP contribution >= 0.6 is 0 Å². The van der Waals surface area contributed by atoms with E-state index in [1.807, 2.05) is 30.7 Å². The highest BCUT2D eigenvalue weighted by Crippen LogP contribution is 2.22. The first-order valence-electron chi connectivity index (χ1n) is 9.88. The summed E-state index contributed by atoms with van der Waals surface area (Å²) in [4.78, 5) is 39.3. The monoisotopic (exact) mass is 405 g/mol. The first-order chi connectivity index (χ1) is 14.5. The van der Waals surface area contributed by atoms with Crippen molar-refractivity contribution < 1.29 is 9.59 Å². The van der Waals surface area contributed by atoms with Crippen molar-refractivity contribution in [2.75, 3.05) is 16.8 Å². The first-order valence-corrected chi connectivity index (χ1v) is 9.88. The number of anilines is 2. The summed E-state index contributed by atoms with van der Waals surface area (Å²) in [6.45, 7) is 5.31. The Bertz CT molecular complexity index is 1080. The number of hydrogen-bond acceptors (Lipinski definition) is 6. The molecule has 0 radical (unpaired) electrons. The summed E-state index contributed by atoms with van der Waals surface area (Å²) in [6.07, 6.45) is 7.63. The van der Waals surface area contributed by atoms with E-state index in [4.69, 9.17) is 0 Å². The van der Waals surface area contributed by atoms with E-state index in [2.05, 4.69) is 25.4 Å². The smallest absolute Gasteiger partial charge is 0.228 e. The topological polar surface area (TPSA) is 106 Å². The lowest BCUT2D eigenvalue weighted by Gasteiger charge is -2.27. The third kappa shape index (κ3) is 4.35. The Morgan fingerprint density at radius 2 is 1.90 bits per heavy atom. The minimum atomic E-state index is -0.274. The fourth-order valence-corrected chi connectivity index (χ4v) is 3.46. The van der Waals surface area contributed by atoms with Crippen LogP contribution in [-0.2, 0) is 16.1 Å². The number of carbonyl (C=O) groups excluding carboxylic acids is 2. The quantitative estimate of drug-likeness (QED) is 0.699. The molecule has 3 aromatic heterocycles. The molecule has 0 saturated carbocycles. The molecule has 4 heterocycles. The Morgan fingerprint density at radius 1 is 1.03 bits per heavy atom. The SMILES string of the molecule is Cc1cncc(-c2cnc(NC(=O)CCC(=O)N3CCCn4nc(C)cc43)cn2)c1. The van der Waals surface area contributed by atoms with Gasteiger partial charge in [0.25, 0.3) is 0 Å². The molecule has 0 aromatic carbocycles. The Balaban J connectivity index is 1.32. The second kappa shape index (κ2) is 8.40. The largest absolute Gasteiger partial charge is 0.309 e. The molecule has 0 spiro atoms. The number of nitrogens with one attached hydrogen (secondary N) is 1. The standard InChI is InChI=1S/C21H23N7O2/c1-14-8-16(11-22-10-14)17-12-24-18(13-23-17)25-19(29)4-5-21(30)27-6-3-7-28-20(27)9-15(2)26-28/h8-13H,3-7H2,1-2H3,(H,24,25,29). The van der Waals surface area contributed by atoms with Gasteiger partial charge in [-0.05, 0) is 31.9 Å². The van der Waals surface area contributed by atoms with Crippen LogP contribution in [-0.4, -0.2) is 43.1 Å². The maximum Gasteiger partial charge on any atom is 0.228 e. The van der Waals surface area contributed by atoms with E-state index in [1.165, 1.54) is 6.20 Å². The van der Waals surface area contributed by atoms with Crippen molar-refractivity contribution in [3.05, 3.63) is 48.2 Å². The van der Waals surface area contributed by atoms with Crippen molar-refractivity contribution in [3.8, 4) is 11.3 Å². The fourth-order valence-electron chi connectivity index (χ4n) is 3.46. The summed E-state index contributed by atoms with van der Waals surface area (Å²) < 4.78 is 1.84. The van der Waals surface area contributed by atoms with Crippen LogP contribution in [0.5, 0.6) is 0 Å². The molecule has 0 unspecified atom stereocenters. The van der Waals surface area contributed by atoms with Gasteiger partial charge in [0, 0.05) is 50.0 Å². The predicted molar refractivity (Wildman–Crippen MR) is 112 cm³/mol. The zero-order chi connectivity index (χ0) is 21.1. The third-order valence-electron chi connectivity index (χ3n) is 4.87. The number of aromatic nitrogens is 5. The molecule has 154 valence electrons. The van der Waals surface area contributed by atoms with Crippen molar-refractivity contribution in [3.63, 3.8) is 0 Å². The summed E-state index contributed by atoms with van der Waals surface area (Å²) in [6, 6.07) is 3.87. The number of pyridine rings is 1. The summed E-state index contributed by atoms with van der Waals surface area (Å²) in [5.41, 5.74) is 3.45. The molecule has 0 aliphatic carbocycles. The molecule has 30 heavy (non-hydrogen) atoms. The van der Waals surface area contributed by atoms with Gasteiger partial charge in [0.05, 0.1) is 23.8 Å². The summed E-state index contributed by atoms with van der Waals surface area (Å²) in [7, 11) is 0. The summed E-state index contributed by atoms with van der Waals surface area (Å²) >= 11 is 0. The van der Waals surface area contributed by atoms with Crippen LogP contribution < -0.4 is 10.2 Å². The van der Waals surface area contributed by atoms with Gasteiger partial charge in [-0.2, -0.15) is 5.10 Å². The summed E-state index contributed by atoms with van der Waals surface area (Å²) in [5, 5.41) is 7.09. The fraction of sp³-hybridized carbons (Fsp3) is 0.333. The van der Waals surface area contributed by atoms with E-state index in [0.29, 0.717) is 18.1 Å². The lowest BCUT2D eigenvalue weighted by Crippen LogP contribution is -2.37. The number of nitrogens with zero attached hydrogens (tertiary/aromatic N) is 6. The molecule has 9 nitrogen and oxygen atoms in total. The Hall–Kier alpha value is -3.62. The Kier molecular flexibility index (Phi) is 5.51. The van der Waals surface area contributed by atoms with E-state index in [1.54, 1.807) is 23.5 Å². The van der Waals surface area contributed by atoms with E-state index in [-0.39, 0.29) is 24.7 Å². The maximum atomic E-state index is 12.6. The number of fused-ring (bicyclic) bond motifs is 1. The second-order valence-electron chi connectivity index (χ2n) is 7.35. The highest BCUT2D eigenvalue weighted by molar-refractivity contribution is 5.97. The number of carbonyl (C=O) groups is 2. The van der Waals surface area contributed by atoms with Crippen LogP contribution in [0.1, 0.15) is 30.5 Å². The number of amides is 2. The minimum Gasteiger partial charge on any atom is -0.309 e. The molecule has 1 N–H and O–H groups in total. The zero-order valence-electron chi connectivity index (χ0n) is 17.0. The average Bonchev–Trinajstić information content (AvgIpc) is 3.12. The van der Waals surface area contributed by atoms with Gasteiger partial charge in [0.1, 0.15) is 5.82 Å². The summed E-state index contributed by atoms with van der Waals surface area (Å²) in [5.74, 6) is 0.795. The Morgan fingerprint density at radius 3 is 2.67 bits per heavy atom. The molecule has 4 rings (SSSR count). The van der Waals surface area contributed by atoms with E-state index in [0.717, 1.165) is 35.6 Å². The van der Waals surface area contributed by atoms with Crippen LogP contribution in [0.15, 0.2) is 36.9 Å². The van der Waals surface area contributed by atoms with Gasteiger partial charge in [-0.15, -0.1) is 0 Å². The average molecular weight is 405 g/mol. The van der Waals surface area contributed by atoms with Crippen molar-refractivity contribution in [1.82, 2.24) is 24.7 Å². The minimum absolute atomic E-state index is 0.0771. The van der Waals surface area contributed by atoms with Crippen LogP contribution in [0.25, 0.3) is 11.3 Å². The Labute approximate surface area is 174 Å². The maximum absolute atomic E-state index is 12.6. The highest BCUT2D eigenvalue weighted by atomic mass is 16.2. The van der Waals surface area contributed by atoms with Crippen molar-refractivity contribution in [2.24, 2.45) is 0 Å². The van der Waals surface area contributed by atoms with Gasteiger partial charge in [0.15, 0.2) is 5.82 Å². The van der Waals surface area contributed by atoms with Crippen molar-refractivity contribution >= 4 is 23.5 Å². The van der Waals surface area contributed by atoms with Gasteiger partial charge in [-0.1, -0.05) is 0 Å². The van der Waals surface area contributed by atoms with Gasteiger partial charge < -0.3 is 5.32 Å². The van der Waals surface area contributed by atoms with E-state index in [9.17, 15) is 9.59 Å². The van der Waals surface area contributed by atoms with Crippen LogP contribution in [0.3, 0.4) is 0 Å². The van der Waals surface area contributed by atoms with Gasteiger partial charge >= 0.3 is 0 Å². The molecular weight excluding hydrogens is 382 g/mol. The zero-order valence-corrected chi connectivity index (χ0v) is 17.0. The molecule has 0 saturated heterocycles. The van der Waals surface area contributed by atoms with Crippen LogP contribution in [0.2, 0.25) is 0 Å². The predicted octanol–water partition coefficient (Wildman–Crippen LogP) is 2.51. The lowest BCUT2D eigenvalue weighted by molar-refractivity contribution is -0.122. The number of hydrogen-bond donors (Lipinski definition) is 1. The van der Waals surface area contributed by atoms with E-state index >= 15 is 0 Å². The molecule has 2 amide bonds. The molecule has 3 aromatic rings. The van der Waals surface area contributed by atoms with Crippen molar-refractivity contribution in [1.29, 1.82) is 0 Å². The third-order valence-corrected chi connectivity index (χ3v) is 4.87. The van der Waals surface area contributed by atoms with E-state index < -0.39 is 0 Å². The first kappa shape index (κ1) is 19.7. The second-order valence-corrected chi connectivity index (χ2v) is 7.35. The van der Waals surface area contributed by atoms with Gasteiger partial charge in [-0.3, -0.25) is 24.5 Å². The van der Waals surface area contributed by atoms with Crippen LogP contribution in [0, 0.1) is 13.8 Å². The molecule has 9 heteroatoms. The number of rotatable bonds is 5. The van der Waals surface area contributed by atoms with Crippen LogP contribution in [0.4, 0.5) is 11.6 Å². The van der Waals surface area contributed by atoms with Gasteiger partial charge in [-0.25, -0.2) is 9.67 Å². The normalized spacial score (nSPS) is 13.1. The molecule has 0 fully saturated rings. The molecular formula is C21H23N7O2. The molecule has 0 atom stereocenters. The lowest BCUT2D eigenvalue weighted by atomic mass is 10.2. The van der Waals surface area contributed by atoms with Crippen molar-refractivity contribution in [2.45, 2.75) is 39.7 Å².